The zero-order valence-corrected chi connectivity index (χ0v) is 18.3. The highest BCUT2D eigenvalue weighted by molar-refractivity contribution is 5.98. The van der Waals surface area contributed by atoms with Crippen molar-refractivity contribution in [3.63, 3.8) is 0 Å². The summed E-state index contributed by atoms with van der Waals surface area (Å²) < 4.78 is 0. The van der Waals surface area contributed by atoms with E-state index in [9.17, 15) is 0 Å². The lowest BCUT2D eigenvalue weighted by molar-refractivity contribution is 1.35. The number of benzene rings is 1. The third-order valence-electron chi connectivity index (χ3n) is 2.83. The van der Waals surface area contributed by atoms with Crippen LogP contribution in [0.2, 0.25) is 0 Å². The summed E-state index contributed by atoms with van der Waals surface area (Å²) in [4.78, 5) is 4.02. The van der Waals surface area contributed by atoms with E-state index < -0.39 is 0 Å². The molecule has 1 aromatic rings. The predicted molar refractivity (Wildman–Crippen MR) is 116 cm³/mol. The summed E-state index contributed by atoms with van der Waals surface area (Å²) in [6.07, 6.45) is 5.20. The summed E-state index contributed by atoms with van der Waals surface area (Å²) in [5.74, 6) is 2.58. The highest BCUT2D eigenvalue weighted by Crippen LogP contribution is 2.03. The van der Waals surface area contributed by atoms with Crippen molar-refractivity contribution < 1.29 is 0 Å². The molecule has 0 radical (unpaired) electrons. The maximum absolute atomic E-state index is 5.20. The normalized spacial score (nSPS) is 9.71. The van der Waals surface area contributed by atoms with Crippen molar-refractivity contribution >= 4 is 5.71 Å². The lowest BCUT2D eigenvalue weighted by Gasteiger charge is -1.99. The van der Waals surface area contributed by atoms with Gasteiger partial charge < -0.3 is 0 Å². The molecule has 1 nitrogen and oxygen atoms in total. The molecule has 1 heteroatoms. The van der Waals surface area contributed by atoms with E-state index in [2.05, 4.69) is 49.0 Å². The van der Waals surface area contributed by atoms with E-state index in [1.807, 2.05) is 62.3 Å². The van der Waals surface area contributed by atoms with Gasteiger partial charge in [-0.3, -0.25) is 4.99 Å². The van der Waals surface area contributed by atoms with Gasteiger partial charge in [0.05, 0.1) is 0 Å². The van der Waals surface area contributed by atoms with Gasteiger partial charge in [0.1, 0.15) is 0 Å². The Labute approximate surface area is 153 Å². The largest absolute Gasteiger partial charge is 0.293 e. The highest BCUT2D eigenvalue weighted by atomic mass is 14.7. The molecule has 0 amide bonds. The maximum Gasteiger partial charge on any atom is 0.0352 e. The number of rotatable bonds is 1. The third kappa shape index (κ3) is 18.2. The van der Waals surface area contributed by atoms with Gasteiger partial charge in [-0.15, -0.1) is 6.42 Å². The van der Waals surface area contributed by atoms with Gasteiger partial charge in [-0.25, -0.2) is 0 Å². The first-order chi connectivity index (χ1) is 11.4. The molecule has 0 spiro atoms. The molecule has 0 aliphatic carbocycles. The fourth-order valence-corrected chi connectivity index (χ4v) is 1.35. The van der Waals surface area contributed by atoms with Crippen LogP contribution in [0.25, 0.3) is 0 Å². The Bertz CT molecular complexity index is 468. The molecule has 0 aliphatic heterocycles. The molecule has 1 aromatic carbocycles. The first-order valence-corrected chi connectivity index (χ1v) is 9.03. The number of terminal acetylenes is 1. The number of allylic oxidation sites excluding steroid dienone is 2. The molecule has 0 bridgehead atoms. The first-order valence-electron chi connectivity index (χ1n) is 9.03. The van der Waals surface area contributed by atoms with Crippen LogP contribution in [0, 0.1) is 26.2 Å². The molecule has 0 aromatic heterocycles. The molecule has 0 heterocycles. The molecule has 0 saturated carbocycles. The average molecular weight is 332 g/mol. The molecular formula is C23H41N. The molecule has 0 atom stereocenters. The number of nitrogens with zero attached hydrogens (tertiary/aromatic N) is 1. The molecule has 0 unspecified atom stereocenters. The van der Waals surface area contributed by atoms with Gasteiger partial charge in [-0.05, 0) is 40.2 Å². The van der Waals surface area contributed by atoms with Gasteiger partial charge in [0.2, 0.25) is 0 Å². The van der Waals surface area contributed by atoms with E-state index in [0.717, 1.165) is 16.9 Å². The fourth-order valence-electron chi connectivity index (χ4n) is 1.35. The van der Waals surface area contributed by atoms with Crippen LogP contribution in [0.3, 0.4) is 0 Å². The zero-order chi connectivity index (χ0) is 20.1. The Balaban J connectivity index is -0.000000128. The Morgan fingerprint density at radius 3 is 1.46 bits per heavy atom. The van der Waals surface area contributed by atoms with Crippen LogP contribution in [0.1, 0.15) is 73.4 Å². The van der Waals surface area contributed by atoms with Crippen molar-refractivity contribution in [3.8, 4) is 12.3 Å². The summed E-state index contributed by atoms with van der Waals surface area (Å²) in [6, 6.07) is 8.45. The Morgan fingerprint density at radius 1 is 0.875 bits per heavy atom. The van der Waals surface area contributed by atoms with E-state index in [1.54, 1.807) is 7.05 Å². The smallest absolute Gasteiger partial charge is 0.0352 e. The Hall–Kier alpha value is -1.81. The summed E-state index contributed by atoms with van der Waals surface area (Å²) in [7, 11) is 1.77. The van der Waals surface area contributed by atoms with Crippen molar-refractivity contribution in [2.24, 2.45) is 4.99 Å². The van der Waals surface area contributed by atoms with Gasteiger partial charge in [0.25, 0.3) is 0 Å². The standard InChI is InChI=1S/C9H13N.C8H10.3C2H6/c1-6-7(2)8(3)9(4)10-5;1-7-4-3-5-8(2)6-7;3*1-2/h1H,2-5H3;3-6H,1-2H3;3*1-2H3/b8-7+,10-9?;;;;. The maximum atomic E-state index is 5.20. The summed E-state index contributed by atoms with van der Waals surface area (Å²) in [5.41, 5.74) is 5.75. The summed E-state index contributed by atoms with van der Waals surface area (Å²) >= 11 is 0. The number of hydrogen-bond donors (Lipinski definition) is 0. The minimum absolute atomic E-state index is 0.961. The number of hydrogen-bond acceptors (Lipinski definition) is 1. The van der Waals surface area contributed by atoms with Gasteiger partial charge in [0, 0.05) is 18.3 Å². The van der Waals surface area contributed by atoms with Gasteiger partial charge in [-0.2, -0.15) is 0 Å². The highest BCUT2D eigenvalue weighted by Gasteiger charge is 1.95. The first kappa shape index (κ1) is 30.1. The van der Waals surface area contributed by atoms with Crippen LogP contribution >= 0.6 is 0 Å². The van der Waals surface area contributed by atoms with Crippen molar-refractivity contribution in [1.29, 1.82) is 0 Å². The lowest BCUT2D eigenvalue weighted by atomic mass is 10.1. The minimum Gasteiger partial charge on any atom is -0.293 e. The second-order valence-corrected chi connectivity index (χ2v) is 4.36. The van der Waals surface area contributed by atoms with Crippen LogP contribution in [-0.2, 0) is 0 Å². The van der Waals surface area contributed by atoms with Crippen LogP contribution in [0.5, 0.6) is 0 Å². The zero-order valence-electron chi connectivity index (χ0n) is 18.3. The SMILES string of the molecule is C#C/C(C)=C(\C)C(C)=NC.CC.CC.CC.Cc1cccc(C)c1. The summed E-state index contributed by atoms with van der Waals surface area (Å²) in [5, 5.41) is 0. The Kier molecular flexibility index (Phi) is 29.4. The number of aryl methyl sites for hydroxylation is 2. The molecule has 0 N–H and O–H groups in total. The van der Waals surface area contributed by atoms with Gasteiger partial charge in [0.15, 0.2) is 0 Å². The molecular weight excluding hydrogens is 290 g/mol. The van der Waals surface area contributed by atoms with E-state index in [1.165, 1.54) is 11.1 Å². The molecule has 0 fully saturated rings. The van der Waals surface area contributed by atoms with E-state index in [-0.39, 0.29) is 0 Å². The van der Waals surface area contributed by atoms with E-state index in [4.69, 9.17) is 6.42 Å². The average Bonchev–Trinajstić information content (AvgIpc) is 2.65. The van der Waals surface area contributed by atoms with Crippen molar-refractivity contribution in [3.05, 3.63) is 46.5 Å². The molecule has 24 heavy (non-hydrogen) atoms. The van der Waals surface area contributed by atoms with Crippen molar-refractivity contribution in [2.75, 3.05) is 7.05 Å². The number of aliphatic imine (C=N–C) groups is 1. The van der Waals surface area contributed by atoms with Crippen molar-refractivity contribution in [1.82, 2.24) is 0 Å². The predicted octanol–water partition coefficient (Wildman–Crippen LogP) is 7.43. The topological polar surface area (TPSA) is 12.4 Å². The van der Waals surface area contributed by atoms with Crippen LogP contribution in [0.15, 0.2) is 40.4 Å². The van der Waals surface area contributed by atoms with Crippen LogP contribution in [0.4, 0.5) is 0 Å². The monoisotopic (exact) mass is 331 g/mol. The Morgan fingerprint density at radius 2 is 1.25 bits per heavy atom. The fraction of sp³-hybridized carbons (Fsp3) is 0.522. The van der Waals surface area contributed by atoms with Gasteiger partial charge in [-0.1, -0.05) is 82.9 Å². The van der Waals surface area contributed by atoms with Crippen LogP contribution < -0.4 is 0 Å². The van der Waals surface area contributed by atoms with E-state index in [0.29, 0.717) is 0 Å². The molecule has 1 rings (SSSR count). The second kappa shape index (κ2) is 23.5. The molecule has 0 saturated heterocycles. The minimum atomic E-state index is 0.961. The molecule has 0 aliphatic rings. The second-order valence-electron chi connectivity index (χ2n) is 4.36. The van der Waals surface area contributed by atoms with Crippen LogP contribution in [-0.4, -0.2) is 12.8 Å². The van der Waals surface area contributed by atoms with Crippen molar-refractivity contribution in [2.45, 2.75) is 76.2 Å². The van der Waals surface area contributed by atoms with E-state index >= 15 is 0 Å². The third-order valence-corrected chi connectivity index (χ3v) is 2.83. The lowest BCUT2D eigenvalue weighted by Crippen LogP contribution is -1.95. The van der Waals surface area contributed by atoms with Gasteiger partial charge >= 0.3 is 0 Å². The quantitative estimate of drug-likeness (QED) is 0.375. The molecule has 138 valence electrons. The summed E-state index contributed by atoms with van der Waals surface area (Å²) in [6.45, 7) is 22.1.